The molecule has 0 amide bonds. The number of hydrogen-bond donors (Lipinski definition) is 0. The van der Waals surface area contributed by atoms with Gasteiger partial charge in [0, 0.05) is 19.8 Å². The molecule has 70 valence electrons. The summed E-state index contributed by atoms with van der Waals surface area (Å²) in [6.45, 7) is 5.00. The second-order valence-electron chi connectivity index (χ2n) is 2.44. The van der Waals surface area contributed by atoms with E-state index in [4.69, 9.17) is 14.2 Å². The van der Waals surface area contributed by atoms with E-state index < -0.39 is 11.6 Å². The van der Waals surface area contributed by atoms with E-state index in [0.717, 1.165) is 0 Å². The summed E-state index contributed by atoms with van der Waals surface area (Å²) >= 11 is 0. The van der Waals surface area contributed by atoms with E-state index >= 15 is 0 Å². The van der Waals surface area contributed by atoms with Gasteiger partial charge in [-0.1, -0.05) is 6.58 Å². The number of carbonyl (C=O) groups is 1. The van der Waals surface area contributed by atoms with Crippen LogP contribution < -0.4 is 0 Å². The van der Waals surface area contributed by atoms with Crippen molar-refractivity contribution in [3.8, 4) is 0 Å². The van der Waals surface area contributed by atoms with Crippen LogP contribution in [0.25, 0.3) is 0 Å². The van der Waals surface area contributed by atoms with Crippen LogP contribution in [0, 0.1) is 0 Å². The molecular formula is C7H14O4Si. The largest absolute Gasteiger partial charge is 0.410 e. The average molecular weight is 190 g/mol. The van der Waals surface area contributed by atoms with Gasteiger partial charge in [-0.15, -0.1) is 0 Å². The van der Waals surface area contributed by atoms with Crippen LogP contribution in [-0.2, 0) is 19.0 Å². The zero-order valence-corrected chi connectivity index (χ0v) is 9.84. The molecule has 0 aromatic heterocycles. The molecule has 5 heteroatoms. The zero-order chi connectivity index (χ0) is 9.78. The van der Waals surface area contributed by atoms with Crippen LogP contribution in [0.2, 0.25) is 0 Å². The molecule has 0 aromatic rings. The molecule has 0 aliphatic rings. The van der Waals surface area contributed by atoms with Gasteiger partial charge in [-0.25, -0.2) is 4.79 Å². The number of methoxy groups -OCH3 is 2. The molecule has 0 unspecified atom stereocenters. The van der Waals surface area contributed by atoms with E-state index in [2.05, 4.69) is 6.58 Å². The van der Waals surface area contributed by atoms with Gasteiger partial charge in [0.2, 0.25) is 0 Å². The van der Waals surface area contributed by atoms with Crippen LogP contribution in [0.1, 0.15) is 6.92 Å². The molecule has 0 spiro atoms. The maximum Gasteiger partial charge on any atom is 0.337 e. The van der Waals surface area contributed by atoms with Gasteiger partial charge in [0.05, 0.1) is 0 Å². The maximum absolute atomic E-state index is 11.0. The van der Waals surface area contributed by atoms with Crippen molar-refractivity contribution in [2.75, 3.05) is 14.2 Å². The Morgan fingerprint density at radius 1 is 1.42 bits per heavy atom. The molecule has 0 saturated heterocycles. The molecule has 0 atom stereocenters. The van der Waals surface area contributed by atoms with E-state index in [1.54, 1.807) is 6.92 Å². The Balaban J connectivity index is 4.21. The molecular weight excluding hydrogens is 176 g/mol. The van der Waals surface area contributed by atoms with E-state index in [-0.39, 0.29) is 0 Å². The molecule has 0 aliphatic heterocycles. The summed E-state index contributed by atoms with van der Waals surface area (Å²) in [5, 5.41) is 0. The van der Waals surface area contributed by atoms with Gasteiger partial charge >= 0.3 is 5.97 Å². The van der Waals surface area contributed by atoms with Crippen molar-refractivity contribution >= 4 is 16.2 Å². The molecule has 0 aromatic carbocycles. The number of carbonyl (C=O) groups excluding carboxylic acids is 1. The number of esters is 1. The van der Waals surface area contributed by atoms with Crippen LogP contribution in [0.3, 0.4) is 0 Å². The molecule has 0 rings (SSSR count). The highest BCUT2D eigenvalue weighted by Crippen LogP contribution is 2.09. The van der Waals surface area contributed by atoms with E-state index in [1.807, 2.05) is 0 Å². The molecule has 0 heterocycles. The summed E-state index contributed by atoms with van der Waals surface area (Å²) in [5.41, 5.74) is -0.861. The Morgan fingerprint density at radius 3 is 2.08 bits per heavy atom. The molecule has 0 radical (unpaired) electrons. The first-order chi connectivity index (χ1) is 5.45. The number of hydrogen-bond acceptors (Lipinski definition) is 4. The summed E-state index contributed by atoms with van der Waals surface area (Å²) in [6.07, 6.45) is 0. The lowest BCUT2D eigenvalue weighted by molar-refractivity contribution is -0.286. The van der Waals surface area contributed by atoms with Crippen molar-refractivity contribution in [2.24, 2.45) is 0 Å². The minimum Gasteiger partial charge on any atom is -0.410 e. The fourth-order valence-corrected chi connectivity index (χ4v) is 0.608. The normalized spacial score (nSPS) is 11.2. The lowest BCUT2D eigenvalue weighted by atomic mass is 10.4. The Kier molecular flexibility index (Phi) is 4.15. The van der Waals surface area contributed by atoms with Crippen molar-refractivity contribution in [1.82, 2.24) is 0 Å². The highest BCUT2D eigenvalue weighted by atomic mass is 28.1. The van der Waals surface area contributed by atoms with Gasteiger partial charge < -0.3 is 14.2 Å². The third kappa shape index (κ3) is 3.16. The first-order valence-electron chi connectivity index (χ1n) is 3.44. The minimum absolute atomic E-state index is 0.323. The average Bonchev–Trinajstić information content (AvgIpc) is 2.04. The van der Waals surface area contributed by atoms with Crippen molar-refractivity contribution < 1.29 is 19.0 Å². The fraction of sp³-hybridized carbons (Fsp3) is 0.571. The number of ether oxygens (including phenoxy) is 3. The zero-order valence-electron chi connectivity index (χ0n) is 7.84. The quantitative estimate of drug-likeness (QED) is 0.256. The molecule has 4 nitrogen and oxygen atoms in total. The first kappa shape index (κ1) is 11.3. The monoisotopic (exact) mass is 190 g/mol. The summed E-state index contributed by atoms with van der Waals surface area (Å²) in [7, 11) is 3.27. The molecule has 0 N–H and O–H groups in total. The highest BCUT2D eigenvalue weighted by Gasteiger charge is 2.27. The smallest absolute Gasteiger partial charge is 0.337 e. The van der Waals surface area contributed by atoms with Crippen molar-refractivity contribution in [3.63, 3.8) is 0 Å². The van der Waals surface area contributed by atoms with Crippen LogP contribution >= 0.6 is 0 Å². The molecule has 0 aliphatic carbocycles. The van der Waals surface area contributed by atoms with E-state index in [0.29, 0.717) is 15.8 Å². The molecule has 0 bridgehead atoms. The third-order valence-electron chi connectivity index (χ3n) is 1.37. The predicted octanol–water partition coefficient (Wildman–Crippen LogP) is -0.625. The van der Waals surface area contributed by atoms with Crippen molar-refractivity contribution in [3.05, 3.63) is 12.2 Å². The SMILES string of the molecule is C=C(C)C(=O)OC([SiH3])(OC)OC. The second-order valence-corrected chi connectivity index (χ2v) is 3.67. The summed E-state index contributed by atoms with van der Waals surface area (Å²) in [4.78, 5) is 11.0. The Labute approximate surface area is 74.9 Å². The van der Waals surface area contributed by atoms with Crippen molar-refractivity contribution in [1.29, 1.82) is 0 Å². The minimum atomic E-state index is -1.18. The van der Waals surface area contributed by atoms with Gasteiger partial charge in [-0.3, -0.25) is 0 Å². The molecule has 0 saturated carbocycles. The predicted molar refractivity (Wildman–Crippen MR) is 47.6 cm³/mol. The lowest BCUT2D eigenvalue weighted by Crippen LogP contribution is -2.39. The van der Waals surface area contributed by atoms with Crippen LogP contribution in [0.15, 0.2) is 12.2 Å². The standard InChI is InChI=1S/C7H14O4Si/c1-5(2)6(8)11-7(12,9-3)10-4/h1H2,2-4,12H3. The highest BCUT2D eigenvalue weighted by molar-refractivity contribution is 6.13. The van der Waals surface area contributed by atoms with Gasteiger partial charge in [-0.2, -0.15) is 0 Å². The van der Waals surface area contributed by atoms with E-state index in [9.17, 15) is 4.79 Å². The molecule has 0 fully saturated rings. The van der Waals surface area contributed by atoms with Crippen molar-refractivity contribution in [2.45, 2.75) is 12.5 Å². The summed E-state index contributed by atoms with van der Waals surface area (Å²) in [5.74, 6) is -0.506. The van der Waals surface area contributed by atoms with E-state index in [1.165, 1.54) is 14.2 Å². The maximum atomic E-state index is 11.0. The summed E-state index contributed by atoms with van der Waals surface area (Å²) < 4.78 is 14.6. The fourth-order valence-electron chi connectivity index (χ4n) is 0.422. The topological polar surface area (TPSA) is 44.8 Å². The van der Waals surface area contributed by atoms with Crippen LogP contribution in [-0.4, -0.2) is 36.0 Å². The number of rotatable bonds is 4. The first-order valence-corrected chi connectivity index (χ1v) is 4.44. The second kappa shape index (κ2) is 4.39. The Morgan fingerprint density at radius 2 is 1.83 bits per heavy atom. The van der Waals surface area contributed by atoms with Gasteiger partial charge in [0.15, 0.2) is 0 Å². The summed E-state index contributed by atoms with van der Waals surface area (Å²) in [6, 6.07) is 0. The molecule has 12 heavy (non-hydrogen) atoms. The van der Waals surface area contributed by atoms with Gasteiger partial charge in [0.1, 0.15) is 10.2 Å². The Hall–Kier alpha value is -0.653. The lowest BCUT2D eigenvalue weighted by Gasteiger charge is -2.26. The van der Waals surface area contributed by atoms with Gasteiger partial charge in [0.25, 0.3) is 5.60 Å². The van der Waals surface area contributed by atoms with Crippen LogP contribution in [0.4, 0.5) is 0 Å². The van der Waals surface area contributed by atoms with Crippen LogP contribution in [0.5, 0.6) is 0 Å². The van der Waals surface area contributed by atoms with Gasteiger partial charge in [-0.05, 0) is 6.92 Å². The third-order valence-corrected chi connectivity index (χ3v) is 2.39. The Bertz CT molecular complexity index is 186.